The van der Waals surface area contributed by atoms with E-state index in [4.69, 9.17) is 9.47 Å². The number of unbranched alkanes of at least 4 members (excludes halogenated alkanes) is 1. The van der Waals surface area contributed by atoms with Gasteiger partial charge in [-0.15, -0.1) is 0 Å². The van der Waals surface area contributed by atoms with Gasteiger partial charge in [-0.05, 0) is 31.7 Å². The monoisotopic (exact) mass is 455 g/mol. The zero-order chi connectivity index (χ0) is 22.9. The minimum Gasteiger partial charge on any atom is -0.480 e. The minimum absolute atomic E-state index is 0.0000609. The number of ether oxygens (including phenoxy) is 2. The number of hydrogen-bond acceptors (Lipinski definition) is 6. The van der Waals surface area contributed by atoms with Crippen LogP contribution in [0.3, 0.4) is 0 Å². The summed E-state index contributed by atoms with van der Waals surface area (Å²) in [5.74, 6) is -2.48. The van der Waals surface area contributed by atoms with Crippen LogP contribution < -0.4 is 0 Å². The fourth-order valence-corrected chi connectivity index (χ4v) is 5.01. The second-order valence-electron chi connectivity index (χ2n) is 7.54. The second kappa shape index (κ2) is 12.0. The summed E-state index contributed by atoms with van der Waals surface area (Å²) in [5.41, 5.74) is 1.14. The fourth-order valence-electron chi connectivity index (χ4n) is 3.53. The molecular formula is C21H30NO8P. The number of likely N-dealkylation sites (tertiary alicyclic amines) is 1. The molecule has 1 unspecified atom stereocenters. The van der Waals surface area contributed by atoms with Gasteiger partial charge in [0.25, 0.3) is 0 Å². The van der Waals surface area contributed by atoms with E-state index in [2.05, 4.69) is 0 Å². The maximum atomic E-state index is 12.6. The molecule has 9 nitrogen and oxygen atoms in total. The molecule has 1 aliphatic rings. The number of carboxylic acid groups (broad SMARTS) is 1. The van der Waals surface area contributed by atoms with E-state index in [0.717, 1.165) is 16.9 Å². The van der Waals surface area contributed by atoms with Crippen molar-refractivity contribution in [2.45, 2.75) is 44.8 Å². The topological polar surface area (TPSA) is 130 Å². The number of rotatable bonds is 12. The van der Waals surface area contributed by atoms with Crippen molar-refractivity contribution in [1.29, 1.82) is 0 Å². The highest BCUT2D eigenvalue weighted by Gasteiger charge is 2.41. The molecule has 0 saturated carbocycles. The van der Waals surface area contributed by atoms with Crippen molar-refractivity contribution in [3.63, 3.8) is 0 Å². The van der Waals surface area contributed by atoms with Crippen LogP contribution in [0.2, 0.25) is 0 Å². The first-order valence-electron chi connectivity index (χ1n) is 10.4. The number of esters is 1. The van der Waals surface area contributed by atoms with Gasteiger partial charge in [-0.25, -0.2) is 9.59 Å². The lowest BCUT2D eigenvalue weighted by Gasteiger charge is -2.22. The Kier molecular flexibility index (Phi) is 9.68. The van der Waals surface area contributed by atoms with Gasteiger partial charge in [0.15, 0.2) is 0 Å². The molecule has 2 N–H and O–H groups in total. The van der Waals surface area contributed by atoms with Crippen molar-refractivity contribution < 1.29 is 38.4 Å². The predicted octanol–water partition coefficient (Wildman–Crippen LogP) is 1.91. The molecule has 31 heavy (non-hydrogen) atoms. The number of nitrogens with zero attached hydrogens (tertiary/aromatic N) is 1. The Labute approximate surface area is 181 Å². The van der Waals surface area contributed by atoms with Crippen LogP contribution in [0.1, 0.15) is 31.7 Å². The zero-order valence-electron chi connectivity index (χ0n) is 17.6. The molecule has 10 heteroatoms. The van der Waals surface area contributed by atoms with Crippen LogP contribution in [-0.2, 0) is 34.8 Å². The van der Waals surface area contributed by atoms with E-state index in [9.17, 15) is 28.9 Å². The average molecular weight is 455 g/mol. The van der Waals surface area contributed by atoms with Gasteiger partial charge in [0, 0.05) is 19.1 Å². The maximum Gasteiger partial charge on any atom is 0.332 e. The quantitative estimate of drug-likeness (QED) is 0.278. The molecule has 1 heterocycles. The molecule has 1 amide bonds. The van der Waals surface area contributed by atoms with Crippen molar-refractivity contribution in [3.8, 4) is 0 Å². The number of hydrogen-bond donors (Lipinski definition) is 2. The molecule has 0 radical (unpaired) electrons. The van der Waals surface area contributed by atoms with Crippen molar-refractivity contribution in [1.82, 2.24) is 4.90 Å². The van der Waals surface area contributed by atoms with E-state index >= 15 is 0 Å². The predicted molar refractivity (Wildman–Crippen MR) is 113 cm³/mol. The molecule has 0 aromatic heterocycles. The lowest BCUT2D eigenvalue weighted by molar-refractivity contribution is -0.150. The van der Waals surface area contributed by atoms with Crippen molar-refractivity contribution in [2.75, 3.05) is 32.1 Å². The average Bonchev–Trinajstić information content (AvgIpc) is 3.15. The smallest absolute Gasteiger partial charge is 0.332 e. The van der Waals surface area contributed by atoms with E-state index in [0.29, 0.717) is 12.8 Å². The van der Waals surface area contributed by atoms with Gasteiger partial charge >= 0.3 is 11.9 Å². The molecule has 1 aliphatic heterocycles. The summed E-state index contributed by atoms with van der Waals surface area (Å²) in [4.78, 5) is 46.9. The highest BCUT2D eigenvalue weighted by molar-refractivity contribution is 7.58. The molecule has 2 rings (SSSR count). The number of carboxylic acids is 1. The molecule has 172 valence electrons. The number of aliphatic carboxylic acids is 1. The zero-order valence-corrected chi connectivity index (χ0v) is 18.5. The highest BCUT2D eigenvalue weighted by Crippen LogP contribution is 2.42. The van der Waals surface area contributed by atoms with Crippen LogP contribution in [0, 0.1) is 0 Å². The molecule has 0 aliphatic carbocycles. The van der Waals surface area contributed by atoms with Crippen LogP contribution in [0.25, 0.3) is 0 Å². The van der Waals surface area contributed by atoms with E-state index in [1.54, 1.807) is 6.92 Å². The Morgan fingerprint density at radius 1 is 1.19 bits per heavy atom. The SMILES string of the molecule is CCOC(=O)CO[C@@H]1C[C@@H](C(=O)O)N(C(=O)CP(=O)(O)CCCCc2ccccc2)C1. The summed E-state index contributed by atoms with van der Waals surface area (Å²) >= 11 is 0. The van der Waals surface area contributed by atoms with Crippen LogP contribution >= 0.6 is 7.37 Å². The maximum absolute atomic E-state index is 12.6. The minimum atomic E-state index is -3.74. The molecule has 1 saturated heterocycles. The van der Waals surface area contributed by atoms with Gasteiger partial charge in [0.2, 0.25) is 13.3 Å². The number of benzene rings is 1. The summed E-state index contributed by atoms with van der Waals surface area (Å²) in [5, 5.41) is 9.42. The van der Waals surface area contributed by atoms with Gasteiger partial charge in [0.05, 0.1) is 12.7 Å². The molecule has 3 atom stereocenters. The Hall–Kier alpha value is -2.22. The van der Waals surface area contributed by atoms with E-state index < -0.39 is 43.5 Å². The Bertz CT molecular complexity index is 800. The molecule has 1 fully saturated rings. The van der Waals surface area contributed by atoms with Crippen LogP contribution in [0.4, 0.5) is 0 Å². The number of carbonyl (C=O) groups excluding carboxylic acids is 2. The van der Waals surface area contributed by atoms with E-state index in [1.807, 2.05) is 30.3 Å². The summed E-state index contributed by atoms with van der Waals surface area (Å²) in [7, 11) is -3.74. The summed E-state index contributed by atoms with van der Waals surface area (Å²) in [6, 6.07) is 8.61. The van der Waals surface area contributed by atoms with Gasteiger partial charge in [-0.3, -0.25) is 9.36 Å². The van der Waals surface area contributed by atoms with E-state index in [1.165, 1.54) is 0 Å². The molecule has 0 spiro atoms. The van der Waals surface area contributed by atoms with E-state index in [-0.39, 0.29) is 32.3 Å². The van der Waals surface area contributed by atoms with Gasteiger partial charge in [-0.1, -0.05) is 30.3 Å². The Balaban J connectivity index is 1.83. The lowest BCUT2D eigenvalue weighted by Crippen LogP contribution is -2.42. The second-order valence-corrected chi connectivity index (χ2v) is 10.0. The van der Waals surface area contributed by atoms with Crippen LogP contribution in [0.15, 0.2) is 30.3 Å². The Morgan fingerprint density at radius 3 is 2.55 bits per heavy atom. The summed E-state index contributed by atoms with van der Waals surface area (Å²) in [6.45, 7) is 1.46. The summed E-state index contributed by atoms with van der Waals surface area (Å²) < 4.78 is 22.6. The number of amides is 1. The van der Waals surface area contributed by atoms with Gasteiger partial charge in [-0.2, -0.15) is 0 Å². The first-order valence-corrected chi connectivity index (χ1v) is 12.4. The highest BCUT2D eigenvalue weighted by atomic mass is 31.2. The molecule has 1 aromatic rings. The molecular weight excluding hydrogens is 425 g/mol. The largest absolute Gasteiger partial charge is 0.480 e. The summed E-state index contributed by atoms with van der Waals surface area (Å²) in [6.07, 6.45) is 0.734. The molecule has 1 aromatic carbocycles. The standard InChI is InChI=1S/C21H30NO8P/c1-2-29-20(24)14-30-17-12-18(21(25)26)22(13-17)19(23)15-31(27,28)11-7-6-10-16-8-4-3-5-9-16/h3-5,8-9,17-18H,2,6-7,10-15H2,1H3,(H,25,26)(H,27,28)/t17-,18+/m1/s1. The third-order valence-corrected chi connectivity index (χ3v) is 6.84. The fraction of sp³-hybridized carbons (Fsp3) is 0.571. The molecule has 0 bridgehead atoms. The number of carbonyl (C=O) groups is 3. The number of aryl methyl sites for hydroxylation is 1. The Morgan fingerprint density at radius 2 is 1.90 bits per heavy atom. The third-order valence-electron chi connectivity index (χ3n) is 5.06. The lowest BCUT2D eigenvalue weighted by atomic mass is 10.1. The van der Waals surface area contributed by atoms with Crippen molar-refractivity contribution in [2.24, 2.45) is 0 Å². The van der Waals surface area contributed by atoms with Crippen LogP contribution in [-0.4, -0.2) is 77.0 Å². The first kappa shape index (κ1) is 25.0. The normalized spacial score (nSPS) is 20.3. The van der Waals surface area contributed by atoms with Crippen molar-refractivity contribution in [3.05, 3.63) is 35.9 Å². The van der Waals surface area contributed by atoms with Gasteiger partial charge in [0.1, 0.15) is 18.8 Å². The third kappa shape index (κ3) is 8.44. The van der Waals surface area contributed by atoms with Crippen LogP contribution in [0.5, 0.6) is 0 Å². The first-order chi connectivity index (χ1) is 14.7. The van der Waals surface area contributed by atoms with Crippen molar-refractivity contribution >= 4 is 25.2 Å². The van der Waals surface area contributed by atoms with Gasteiger partial charge < -0.3 is 24.4 Å².